The van der Waals surface area contributed by atoms with Crippen LogP contribution in [0.4, 0.5) is 8.78 Å². The molecule has 0 aliphatic heterocycles. The molecular weight excluding hydrogens is 619 g/mol. The first-order valence-electron chi connectivity index (χ1n) is 17.0. The Labute approximate surface area is 290 Å². The van der Waals surface area contributed by atoms with Crippen molar-refractivity contribution in [1.82, 2.24) is 9.97 Å². The van der Waals surface area contributed by atoms with Gasteiger partial charge < -0.3 is 0 Å². The highest BCUT2D eigenvalue weighted by Gasteiger charge is 2.44. The zero-order valence-corrected chi connectivity index (χ0v) is 27.4. The zero-order valence-electron chi connectivity index (χ0n) is 27.4. The summed E-state index contributed by atoms with van der Waals surface area (Å²) in [5.41, 5.74) is 12.5. The van der Waals surface area contributed by atoms with Gasteiger partial charge in [-0.05, 0) is 81.1 Å². The fraction of sp³-hybridized carbons (Fsp3) is 0.0870. The number of aromatic nitrogens is 2. The van der Waals surface area contributed by atoms with E-state index < -0.39 is 5.92 Å². The topological polar surface area (TPSA) is 25.8 Å². The Hall–Kier alpha value is -6.00. The van der Waals surface area contributed by atoms with Crippen LogP contribution in [-0.2, 0) is 12.3 Å². The SMILES string of the molecule is CC1Cc2ccc(-c3ccc4c(c3)C(F)(F)c3ccccc3-4)cc2C=C1c1nc(-c2ccccc2)cc(-c2ccc(-c3ccccc3)cc2)n1. The van der Waals surface area contributed by atoms with Crippen molar-refractivity contribution in [2.45, 2.75) is 19.3 Å². The fourth-order valence-electron chi connectivity index (χ4n) is 7.43. The molecule has 7 aromatic rings. The van der Waals surface area contributed by atoms with Gasteiger partial charge in [-0.1, -0.05) is 140 Å². The maximum absolute atomic E-state index is 15.6. The molecule has 0 amide bonds. The van der Waals surface area contributed by atoms with Gasteiger partial charge in [-0.25, -0.2) is 9.97 Å². The molecule has 0 radical (unpaired) electrons. The molecule has 4 heteroatoms. The molecule has 0 spiro atoms. The van der Waals surface area contributed by atoms with Crippen LogP contribution in [0.2, 0.25) is 0 Å². The van der Waals surface area contributed by atoms with Crippen molar-refractivity contribution < 1.29 is 8.78 Å². The van der Waals surface area contributed by atoms with E-state index in [2.05, 4.69) is 97.9 Å². The highest BCUT2D eigenvalue weighted by Crippen LogP contribution is 2.52. The smallest absolute Gasteiger partial charge is 0.228 e. The number of rotatable bonds is 5. The van der Waals surface area contributed by atoms with Crippen LogP contribution >= 0.6 is 0 Å². The monoisotopic (exact) mass is 650 g/mol. The first-order valence-corrected chi connectivity index (χ1v) is 17.0. The molecule has 0 fully saturated rings. The summed E-state index contributed by atoms with van der Waals surface area (Å²) in [4.78, 5) is 10.3. The summed E-state index contributed by atoms with van der Waals surface area (Å²) in [7, 11) is 0. The van der Waals surface area contributed by atoms with Gasteiger partial charge in [-0.3, -0.25) is 0 Å². The Bertz CT molecular complexity index is 2430. The molecule has 50 heavy (non-hydrogen) atoms. The lowest BCUT2D eigenvalue weighted by atomic mass is 9.82. The van der Waals surface area contributed by atoms with E-state index in [0.29, 0.717) is 17.0 Å². The number of allylic oxidation sites excluding steroid dienone is 1. The van der Waals surface area contributed by atoms with Crippen LogP contribution < -0.4 is 0 Å². The number of benzene rings is 6. The van der Waals surface area contributed by atoms with Crippen LogP contribution in [0, 0.1) is 5.92 Å². The Morgan fingerprint density at radius 2 is 1.06 bits per heavy atom. The van der Waals surface area contributed by atoms with Crippen LogP contribution in [-0.4, -0.2) is 9.97 Å². The number of hydrogen-bond acceptors (Lipinski definition) is 2. The maximum atomic E-state index is 15.6. The highest BCUT2D eigenvalue weighted by molar-refractivity contribution is 5.87. The molecule has 9 rings (SSSR count). The first-order chi connectivity index (χ1) is 24.4. The molecule has 0 saturated carbocycles. The van der Waals surface area contributed by atoms with E-state index >= 15 is 8.78 Å². The van der Waals surface area contributed by atoms with Crippen molar-refractivity contribution in [3.8, 4) is 55.9 Å². The summed E-state index contributed by atoms with van der Waals surface area (Å²) in [6.45, 7) is 2.22. The van der Waals surface area contributed by atoms with Crippen molar-refractivity contribution in [2.75, 3.05) is 0 Å². The van der Waals surface area contributed by atoms with Gasteiger partial charge in [0.25, 0.3) is 5.92 Å². The molecule has 1 heterocycles. The quantitative estimate of drug-likeness (QED) is 0.185. The largest absolute Gasteiger partial charge is 0.299 e. The molecule has 2 aliphatic rings. The summed E-state index contributed by atoms with van der Waals surface area (Å²) >= 11 is 0. The van der Waals surface area contributed by atoms with Gasteiger partial charge in [-0.2, -0.15) is 8.78 Å². The van der Waals surface area contributed by atoms with E-state index in [9.17, 15) is 0 Å². The molecule has 0 N–H and O–H groups in total. The average molecular weight is 651 g/mol. The Kier molecular flexibility index (Phi) is 7.13. The van der Waals surface area contributed by atoms with Crippen LogP contribution in [0.1, 0.15) is 35.0 Å². The molecule has 1 atom stereocenters. The Morgan fingerprint density at radius 1 is 0.520 bits per heavy atom. The predicted molar refractivity (Wildman–Crippen MR) is 199 cm³/mol. The summed E-state index contributed by atoms with van der Waals surface area (Å²) in [6.07, 6.45) is 3.02. The lowest BCUT2D eigenvalue weighted by molar-refractivity contribution is 0.0480. The van der Waals surface area contributed by atoms with E-state index in [4.69, 9.17) is 9.97 Å². The molecule has 240 valence electrons. The number of halogens is 2. The minimum atomic E-state index is -3.03. The molecule has 1 unspecified atom stereocenters. The normalized spacial score (nSPS) is 15.5. The lowest BCUT2D eigenvalue weighted by Crippen LogP contribution is -2.12. The second-order valence-corrected chi connectivity index (χ2v) is 13.3. The fourth-order valence-corrected chi connectivity index (χ4v) is 7.43. The van der Waals surface area contributed by atoms with Gasteiger partial charge in [0.1, 0.15) is 0 Å². The standard InChI is InChI=1S/C46H32F2N2/c1-29-24-34-20-21-35(36-22-23-39-38-14-8-9-15-41(38)46(47,48)42(39)27-36)25-37(34)26-40(29)45-49-43(32-12-6-3-7-13-32)28-44(50-45)33-18-16-31(17-19-33)30-10-4-2-5-11-30/h2-23,25-29H,24H2,1H3. The summed E-state index contributed by atoms with van der Waals surface area (Å²) in [5.74, 6) is -2.14. The average Bonchev–Trinajstić information content (AvgIpc) is 3.40. The molecular formula is C46H32F2N2. The second kappa shape index (κ2) is 11.9. The van der Waals surface area contributed by atoms with Gasteiger partial charge in [0, 0.05) is 27.8 Å². The van der Waals surface area contributed by atoms with Crippen molar-refractivity contribution >= 4 is 11.6 Å². The van der Waals surface area contributed by atoms with Gasteiger partial charge in [0.15, 0.2) is 5.82 Å². The first kappa shape index (κ1) is 30.1. The van der Waals surface area contributed by atoms with Gasteiger partial charge in [0.2, 0.25) is 0 Å². The third kappa shape index (κ3) is 5.16. The highest BCUT2D eigenvalue weighted by atomic mass is 19.3. The van der Waals surface area contributed by atoms with Gasteiger partial charge in [0.05, 0.1) is 11.4 Å². The minimum Gasteiger partial charge on any atom is -0.228 e. The number of hydrogen-bond donors (Lipinski definition) is 0. The van der Waals surface area contributed by atoms with Gasteiger partial charge in [-0.15, -0.1) is 0 Å². The Balaban J connectivity index is 1.12. The summed E-state index contributed by atoms with van der Waals surface area (Å²) in [5, 5.41) is 0. The third-order valence-corrected chi connectivity index (χ3v) is 10.1. The van der Waals surface area contributed by atoms with E-state index in [1.807, 2.05) is 42.5 Å². The Morgan fingerprint density at radius 3 is 1.80 bits per heavy atom. The van der Waals surface area contributed by atoms with E-state index in [1.165, 1.54) is 17.2 Å². The third-order valence-electron chi connectivity index (χ3n) is 10.1. The molecule has 1 aromatic heterocycles. The number of fused-ring (bicyclic) bond motifs is 4. The van der Waals surface area contributed by atoms with Crippen LogP contribution in [0.5, 0.6) is 0 Å². The minimum absolute atomic E-state index is 0.0641. The van der Waals surface area contributed by atoms with Gasteiger partial charge >= 0.3 is 0 Å². The van der Waals surface area contributed by atoms with Crippen molar-refractivity contribution in [3.05, 3.63) is 180 Å². The van der Waals surface area contributed by atoms with Crippen LogP contribution in [0.25, 0.3) is 67.5 Å². The predicted octanol–water partition coefficient (Wildman–Crippen LogP) is 12.0. The van der Waals surface area contributed by atoms with Crippen molar-refractivity contribution in [2.24, 2.45) is 5.92 Å². The van der Waals surface area contributed by atoms with E-state index in [0.717, 1.165) is 56.8 Å². The molecule has 2 nitrogen and oxygen atoms in total. The zero-order chi connectivity index (χ0) is 33.8. The molecule has 0 bridgehead atoms. The number of nitrogens with zero attached hydrogens (tertiary/aromatic N) is 2. The van der Waals surface area contributed by atoms with E-state index in [1.54, 1.807) is 18.2 Å². The van der Waals surface area contributed by atoms with Crippen LogP contribution in [0.3, 0.4) is 0 Å². The lowest BCUT2D eigenvalue weighted by Gasteiger charge is -2.24. The van der Waals surface area contributed by atoms with Crippen LogP contribution in [0.15, 0.2) is 152 Å². The summed E-state index contributed by atoms with van der Waals surface area (Å²) < 4.78 is 31.1. The number of alkyl halides is 2. The summed E-state index contributed by atoms with van der Waals surface area (Å²) in [6, 6.07) is 49.7. The van der Waals surface area contributed by atoms with Crippen molar-refractivity contribution in [1.29, 1.82) is 0 Å². The molecule has 6 aromatic carbocycles. The molecule has 0 saturated heterocycles. The van der Waals surface area contributed by atoms with E-state index in [-0.39, 0.29) is 17.0 Å². The second-order valence-electron chi connectivity index (χ2n) is 13.3. The maximum Gasteiger partial charge on any atom is 0.299 e. The van der Waals surface area contributed by atoms with Crippen molar-refractivity contribution in [3.63, 3.8) is 0 Å². The molecule has 2 aliphatic carbocycles.